The largest absolute Gasteiger partial charge is 0.206 e. The second-order valence-electron chi connectivity index (χ2n) is 4.41. The Morgan fingerprint density at radius 1 is 1.00 bits per heavy atom. The van der Waals surface area contributed by atoms with E-state index < -0.39 is 0 Å². The monoisotopic (exact) mass is 228 g/mol. The van der Waals surface area contributed by atoms with Gasteiger partial charge in [0.05, 0.1) is 0 Å². The lowest BCUT2D eigenvalue weighted by Crippen LogP contribution is -1.91. The zero-order valence-electron chi connectivity index (χ0n) is 10.3. The Bertz CT molecular complexity index is 485. The summed E-state index contributed by atoms with van der Waals surface area (Å²) in [4.78, 5) is 0. The topological polar surface area (TPSA) is 0 Å². The van der Waals surface area contributed by atoms with Crippen molar-refractivity contribution in [3.63, 3.8) is 0 Å². The first-order valence-electron chi connectivity index (χ1n) is 6.07. The molecule has 0 aromatic heterocycles. The minimum absolute atomic E-state index is 0.163. The van der Waals surface area contributed by atoms with Crippen LogP contribution in [0.5, 0.6) is 0 Å². The molecule has 0 heterocycles. The number of benzene rings is 2. The molecule has 88 valence electrons. The van der Waals surface area contributed by atoms with Gasteiger partial charge in [-0.1, -0.05) is 56.3 Å². The summed E-state index contributed by atoms with van der Waals surface area (Å²) in [5.74, 6) is 0.397. The standard InChI is InChI=1S/C16H17F/c1-3-12(2)13-8-10-14(11-9-13)15-6-4-5-7-16(15)17/h4-12H,3H2,1-2H3/t12-/m1/s1. The molecule has 2 rings (SSSR count). The molecule has 2 aromatic rings. The van der Waals surface area contributed by atoms with Crippen molar-refractivity contribution in [2.24, 2.45) is 0 Å². The Morgan fingerprint density at radius 3 is 2.24 bits per heavy atom. The van der Waals surface area contributed by atoms with E-state index in [1.165, 1.54) is 11.6 Å². The molecule has 0 saturated carbocycles. The van der Waals surface area contributed by atoms with Crippen molar-refractivity contribution in [2.75, 3.05) is 0 Å². The van der Waals surface area contributed by atoms with Gasteiger partial charge >= 0.3 is 0 Å². The van der Waals surface area contributed by atoms with Crippen LogP contribution in [0.3, 0.4) is 0 Å². The van der Waals surface area contributed by atoms with Crippen molar-refractivity contribution in [3.8, 4) is 11.1 Å². The van der Waals surface area contributed by atoms with Gasteiger partial charge in [-0.3, -0.25) is 0 Å². The van der Waals surface area contributed by atoms with Crippen molar-refractivity contribution >= 4 is 0 Å². The van der Waals surface area contributed by atoms with Gasteiger partial charge in [0.2, 0.25) is 0 Å². The highest BCUT2D eigenvalue weighted by Gasteiger charge is 2.06. The Morgan fingerprint density at radius 2 is 1.65 bits per heavy atom. The summed E-state index contributed by atoms with van der Waals surface area (Å²) in [6.07, 6.45) is 1.12. The van der Waals surface area contributed by atoms with E-state index in [9.17, 15) is 4.39 Å². The Hall–Kier alpha value is -1.63. The molecule has 1 heteroatoms. The molecule has 0 unspecified atom stereocenters. The van der Waals surface area contributed by atoms with Gasteiger partial charge in [0.1, 0.15) is 5.82 Å². The number of rotatable bonds is 3. The minimum atomic E-state index is -0.163. The molecule has 0 bridgehead atoms. The SMILES string of the molecule is CC[C@@H](C)c1ccc(-c2ccccc2F)cc1. The van der Waals surface area contributed by atoms with Crippen LogP contribution in [0.15, 0.2) is 48.5 Å². The Labute approximate surface area is 102 Å². The first-order valence-corrected chi connectivity index (χ1v) is 6.07. The molecule has 0 amide bonds. The smallest absolute Gasteiger partial charge is 0.131 e. The second kappa shape index (κ2) is 5.13. The van der Waals surface area contributed by atoms with Crippen LogP contribution >= 0.6 is 0 Å². The predicted molar refractivity (Wildman–Crippen MR) is 70.5 cm³/mol. The molecule has 1 atom stereocenters. The lowest BCUT2D eigenvalue weighted by Gasteiger charge is -2.10. The summed E-state index contributed by atoms with van der Waals surface area (Å²) in [6.45, 7) is 4.38. The fraction of sp³-hybridized carbons (Fsp3) is 0.250. The van der Waals surface area contributed by atoms with Crippen LogP contribution in [0, 0.1) is 5.82 Å². The molecular weight excluding hydrogens is 211 g/mol. The van der Waals surface area contributed by atoms with Gasteiger partial charge in [-0.05, 0) is 29.5 Å². The van der Waals surface area contributed by atoms with Crippen LogP contribution < -0.4 is 0 Å². The lowest BCUT2D eigenvalue weighted by molar-refractivity contribution is 0.631. The van der Waals surface area contributed by atoms with Gasteiger partial charge in [0.15, 0.2) is 0 Å². The minimum Gasteiger partial charge on any atom is -0.206 e. The van der Waals surface area contributed by atoms with Crippen molar-refractivity contribution in [2.45, 2.75) is 26.2 Å². The average molecular weight is 228 g/mol. The second-order valence-corrected chi connectivity index (χ2v) is 4.41. The summed E-state index contributed by atoms with van der Waals surface area (Å²) >= 11 is 0. The van der Waals surface area contributed by atoms with Crippen LogP contribution in [-0.2, 0) is 0 Å². The quantitative estimate of drug-likeness (QED) is 0.693. The van der Waals surface area contributed by atoms with Crippen molar-refractivity contribution in [1.82, 2.24) is 0 Å². The maximum Gasteiger partial charge on any atom is 0.131 e. The molecular formula is C16H17F. The summed E-state index contributed by atoms with van der Waals surface area (Å²) in [7, 11) is 0. The van der Waals surface area contributed by atoms with E-state index in [1.54, 1.807) is 6.07 Å². The maximum absolute atomic E-state index is 13.6. The molecule has 0 N–H and O–H groups in total. The molecule has 17 heavy (non-hydrogen) atoms. The van der Waals surface area contributed by atoms with E-state index in [4.69, 9.17) is 0 Å². The predicted octanol–water partition coefficient (Wildman–Crippen LogP) is 5.01. The van der Waals surface area contributed by atoms with Crippen LogP contribution in [0.25, 0.3) is 11.1 Å². The van der Waals surface area contributed by atoms with Gasteiger partial charge in [0.25, 0.3) is 0 Å². The molecule has 0 aliphatic rings. The van der Waals surface area contributed by atoms with Crippen LogP contribution in [0.4, 0.5) is 4.39 Å². The van der Waals surface area contributed by atoms with Crippen LogP contribution in [-0.4, -0.2) is 0 Å². The number of hydrogen-bond donors (Lipinski definition) is 0. The molecule has 0 nitrogen and oxygen atoms in total. The third kappa shape index (κ3) is 2.55. The zero-order valence-corrected chi connectivity index (χ0v) is 10.3. The van der Waals surface area contributed by atoms with Gasteiger partial charge in [-0.2, -0.15) is 0 Å². The molecule has 0 spiro atoms. The highest BCUT2D eigenvalue weighted by Crippen LogP contribution is 2.25. The fourth-order valence-corrected chi connectivity index (χ4v) is 1.92. The summed E-state index contributed by atoms with van der Waals surface area (Å²) < 4.78 is 13.6. The number of halogens is 1. The lowest BCUT2D eigenvalue weighted by atomic mass is 9.96. The van der Waals surface area contributed by atoms with Gasteiger partial charge in [0, 0.05) is 5.56 Å². The molecule has 0 fully saturated rings. The summed E-state index contributed by atoms with van der Waals surface area (Å²) in [6, 6.07) is 15.1. The normalized spacial score (nSPS) is 12.4. The zero-order chi connectivity index (χ0) is 12.3. The highest BCUT2D eigenvalue weighted by atomic mass is 19.1. The van der Waals surface area contributed by atoms with Crippen molar-refractivity contribution in [1.29, 1.82) is 0 Å². The van der Waals surface area contributed by atoms with E-state index in [1.807, 2.05) is 24.3 Å². The van der Waals surface area contributed by atoms with Gasteiger partial charge in [-0.15, -0.1) is 0 Å². The first kappa shape index (κ1) is 11.8. The average Bonchev–Trinajstić information content (AvgIpc) is 2.39. The molecule has 0 radical (unpaired) electrons. The third-order valence-corrected chi connectivity index (χ3v) is 3.28. The summed E-state index contributed by atoms with van der Waals surface area (Å²) in [5, 5.41) is 0. The van der Waals surface area contributed by atoms with Crippen LogP contribution in [0.2, 0.25) is 0 Å². The maximum atomic E-state index is 13.6. The van der Waals surface area contributed by atoms with E-state index >= 15 is 0 Å². The van der Waals surface area contributed by atoms with Crippen molar-refractivity contribution in [3.05, 3.63) is 59.9 Å². The van der Waals surface area contributed by atoms with Gasteiger partial charge < -0.3 is 0 Å². The molecule has 2 aromatic carbocycles. The molecule has 0 aliphatic heterocycles. The summed E-state index contributed by atoms with van der Waals surface area (Å²) in [5.41, 5.74) is 2.92. The van der Waals surface area contributed by atoms with E-state index in [-0.39, 0.29) is 5.82 Å². The molecule has 0 saturated heterocycles. The van der Waals surface area contributed by atoms with E-state index in [2.05, 4.69) is 26.0 Å². The van der Waals surface area contributed by atoms with E-state index in [0.29, 0.717) is 11.5 Å². The van der Waals surface area contributed by atoms with Crippen LogP contribution in [0.1, 0.15) is 31.7 Å². The number of hydrogen-bond acceptors (Lipinski definition) is 0. The first-order chi connectivity index (χ1) is 8.22. The van der Waals surface area contributed by atoms with E-state index in [0.717, 1.165) is 12.0 Å². The fourth-order valence-electron chi connectivity index (χ4n) is 1.92. The highest BCUT2D eigenvalue weighted by molar-refractivity contribution is 5.64. The Balaban J connectivity index is 2.33. The van der Waals surface area contributed by atoms with Gasteiger partial charge in [-0.25, -0.2) is 4.39 Å². The third-order valence-electron chi connectivity index (χ3n) is 3.28. The van der Waals surface area contributed by atoms with Crippen molar-refractivity contribution < 1.29 is 4.39 Å². The molecule has 0 aliphatic carbocycles. The Kier molecular flexibility index (Phi) is 3.58.